The van der Waals surface area contributed by atoms with Crippen molar-refractivity contribution >= 4 is 38.7 Å². The molecule has 114 valence electrons. The van der Waals surface area contributed by atoms with E-state index in [-0.39, 0.29) is 28.3 Å². The van der Waals surface area contributed by atoms with Gasteiger partial charge in [-0.15, -0.1) is 0 Å². The molecule has 1 N–H and O–H groups in total. The van der Waals surface area contributed by atoms with Crippen LogP contribution in [0, 0.1) is 11.2 Å². The number of ketones is 1. The molecule has 6 heteroatoms. The van der Waals surface area contributed by atoms with E-state index in [0.29, 0.717) is 28.2 Å². The first-order chi connectivity index (χ1) is 10.3. The third-order valence-electron chi connectivity index (χ3n) is 3.54. The van der Waals surface area contributed by atoms with E-state index in [1.807, 2.05) is 13.8 Å². The molecule has 4 nitrogen and oxygen atoms in total. The van der Waals surface area contributed by atoms with Crippen LogP contribution in [-0.4, -0.2) is 22.1 Å². The summed E-state index contributed by atoms with van der Waals surface area (Å²) >= 11 is 1.24. The number of aromatic nitrogens is 1. The van der Waals surface area contributed by atoms with Crippen molar-refractivity contribution in [2.24, 2.45) is 10.4 Å². The lowest BCUT2D eigenvalue weighted by Crippen LogP contribution is -2.26. The van der Waals surface area contributed by atoms with Gasteiger partial charge in [0.1, 0.15) is 11.6 Å². The Morgan fingerprint density at radius 2 is 2.18 bits per heavy atom. The second kappa shape index (κ2) is 5.28. The van der Waals surface area contributed by atoms with Gasteiger partial charge in [-0.2, -0.15) is 0 Å². The van der Waals surface area contributed by atoms with Gasteiger partial charge in [0.15, 0.2) is 5.78 Å². The van der Waals surface area contributed by atoms with Crippen LogP contribution in [0.1, 0.15) is 26.7 Å². The van der Waals surface area contributed by atoms with E-state index in [4.69, 9.17) is 0 Å². The van der Waals surface area contributed by atoms with Gasteiger partial charge in [-0.1, -0.05) is 25.2 Å². The molecule has 0 radical (unpaired) electrons. The lowest BCUT2D eigenvalue weighted by molar-refractivity contribution is -0.117. The maximum Gasteiger partial charge on any atom is 0.210 e. The normalized spacial score (nSPS) is 18.6. The summed E-state index contributed by atoms with van der Waals surface area (Å²) < 4.78 is 13.8. The number of hydrogen-bond donors (Lipinski definition) is 1. The number of rotatable bonds is 2. The standard InChI is InChI=1S/C16H15FN2O2S/c1-16(2)6-12(20)10(13(21)7-16)8-18-15-19-11-4-3-9(17)5-14(11)22-15/h3-5,8,20H,6-7H2,1-2H3. The number of allylic oxidation sites excluding steroid dienone is 2. The Balaban J connectivity index is 1.90. The molecule has 0 saturated heterocycles. The zero-order valence-corrected chi connectivity index (χ0v) is 13.1. The van der Waals surface area contributed by atoms with E-state index in [1.165, 1.54) is 29.7 Å². The molecule has 2 aromatic rings. The average Bonchev–Trinajstić information content (AvgIpc) is 2.78. The molecule has 1 heterocycles. The van der Waals surface area contributed by atoms with Crippen LogP contribution in [0.25, 0.3) is 10.2 Å². The molecule has 0 unspecified atom stereocenters. The Bertz CT molecular complexity index is 821. The predicted molar refractivity (Wildman–Crippen MR) is 85.4 cm³/mol. The number of halogens is 1. The van der Waals surface area contributed by atoms with E-state index in [9.17, 15) is 14.3 Å². The quantitative estimate of drug-likeness (QED) is 0.838. The van der Waals surface area contributed by atoms with Gasteiger partial charge >= 0.3 is 0 Å². The van der Waals surface area contributed by atoms with Crippen LogP contribution in [-0.2, 0) is 4.79 Å². The van der Waals surface area contributed by atoms with E-state index < -0.39 is 0 Å². The minimum absolute atomic E-state index is 0.0668. The van der Waals surface area contributed by atoms with Gasteiger partial charge in [-0.3, -0.25) is 4.79 Å². The highest BCUT2D eigenvalue weighted by Gasteiger charge is 2.32. The summed E-state index contributed by atoms with van der Waals surface area (Å²) in [7, 11) is 0. The number of hydrogen-bond acceptors (Lipinski definition) is 5. The van der Waals surface area contributed by atoms with Gasteiger partial charge in [0.2, 0.25) is 5.13 Å². The topological polar surface area (TPSA) is 62.5 Å². The van der Waals surface area contributed by atoms with Crippen LogP contribution < -0.4 is 0 Å². The number of thiazole rings is 1. The molecule has 0 aliphatic heterocycles. The van der Waals surface area contributed by atoms with Crippen molar-refractivity contribution in [3.8, 4) is 0 Å². The molecule has 3 rings (SSSR count). The Labute approximate surface area is 131 Å². The van der Waals surface area contributed by atoms with Crippen LogP contribution in [0.2, 0.25) is 0 Å². The molecule has 0 bridgehead atoms. The van der Waals surface area contributed by atoms with Crippen molar-refractivity contribution < 1.29 is 14.3 Å². The molecule has 0 spiro atoms. The highest BCUT2D eigenvalue weighted by atomic mass is 32.1. The minimum Gasteiger partial charge on any atom is -0.511 e. The van der Waals surface area contributed by atoms with Gasteiger partial charge in [-0.05, 0) is 23.6 Å². The van der Waals surface area contributed by atoms with Gasteiger partial charge in [0.25, 0.3) is 0 Å². The minimum atomic E-state index is -0.322. The van der Waals surface area contributed by atoms with Crippen molar-refractivity contribution in [2.45, 2.75) is 26.7 Å². The Morgan fingerprint density at radius 3 is 2.91 bits per heavy atom. The molecule has 0 atom stereocenters. The van der Waals surface area contributed by atoms with Crippen LogP contribution >= 0.6 is 11.3 Å². The molecule has 1 aromatic carbocycles. The molecule has 0 amide bonds. The van der Waals surface area contributed by atoms with Crippen molar-refractivity contribution in [2.75, 3.05) is 0 Å². The first-order valence-electron chi connectivity index (χ1n) is 6.89. The van der Waals surface area contributed by atoms with Gasteiger partial charge in [0.05, 0.1) is 15.8 Å². The highest BCUT2D eigenvalue weighted by molar-refractivity contribution is 7.22. The molecular formula is C16H15FN2O2S. The predicted octanol–water partition coefficient (Wildman–Crippen LogP) is 4.34. The summed E-state index contributed by atoms with van der Waals surface area (Å²) in [6.45, 7) is 3.88. The Hall–Kier alpha value is -2.08. The second-order valence-electron chi connectivity index (χ2n) is 6.17. The zero-order valence-electron chi connectivity index (χ0n) is 12.3. The molecular weight excluding hydrogens is 303 g/mol. The van der Waals surface area contributed by atoms with E-state index >= 15 is 0 Å². The fraction of sp³-hybridized carbons (Fsp3) is 0.312. The summed E-state index contributed by atoms with van der Waals surface area (Å²) in [5.74, 6) is -0.376. The largest absolute Gasteiger partial charge is 0.511 e. The van der Waals surface area contributed by atoms with Crippen molar-refractivity contribution in [3.05, 3.63) is 35.3 Å². The number of aliphatic hydroxyl groups excluding tert-OH is 1. The first-order valence-corrected chi connectivity index (χ1v) is 7.71. The summed E-state index contributed by atoms with van der Waals surface area (Å²) in [5, 5.41) is 10.5. The molecule has 1 aliphatic rings. The van der Waals surface area contributed by atoms with E-state index in [1.54, 1.807) is 6.07 Å². The van der Waals surface area contributed by atoms with Crippen LogP contribution in [0.3, 0.4) is 0 Å². The summed E-state index contributed by atoms with van der Waals surface area (Å²) in [6.07, 6.45) is 2.19. The maximum absolute atomic E-state index is 13.2. The summed E-state index contributed by atoms with van der Waals surface area (Å²) in [6, 6.07) is 4.33. The third kappa shape index (κ3) is 2.92. The lowest BCUT2D eigenvalue weighted by atomic mass is 9.77. The second-order valence-corrected chi connectivity index (χ2v) is 7.18. The molecule has 0 fully saturated rings. The SMILES string of the molecule is CC1(C)CC(=O)C(C=Nc2nc3ccc(F)cc3s2)=C(O)C1. The number of aliphatic imine (C=N–C) groups is 1. The van der Waals surface area contributed by atoms with E-state index in [0.717, 1.165) is 0 Å². The van der Waals surface area contributed by atoms with E-state index in [2.05, 4.69) is 9.98 Å². The number of benzene rings is 1. The monoisotopic (exact) mass is 318 g/mol. The lowest BCUT2D eigenvalue weighted by Gasteiger charge is -2.28. The number of nitrogens with zero attached hydrogens (tertiary/aromatic N) is 2. The molecule has 0 saturated carbocycles. The third-order valence-corrected chi connectivity index (χ3v) is 4.47. The number of fused-ring (bicyclic) bond motifs is 1. The fourth-order valence-corrected chi connectivity index (χ4v) is 3.35. The smallest absolute Gasteiger partial charge is 0.210 e. The van der Waals surface area contributed by atoms with Crippen LogP contribution in [0.4, 0.5) is 9.52 Å². The Kier molecular flexibility index (Phi) is 3.56. The average molecular weight is 318 g/mol. The number of carbonyl (C=O) groups excluding carboxylic acids is 1. The molecule has 1 aliphatic carbocycles. The van der Waals surface area contributed by atoms with Crippen LogP contribution in [0.15, 0.2) is 34.5 Å². The summed E-state index contributed by atoms with van der Waals surface area (Å²) in [4.78, 5) is 20.5. The van der Waals surface area contributed by atoms with Crippen molar-refractivity contribution in [1.82, 2.24) is 4.98 Å². The van der Waals surface area contributed by atoms with Gasteiger partial charge in [0, 0.05) is 19.1 Å². The number of Topliss-reactive ketones (excluding diaryl/α,β-unsaturated/α-hetero) is 1. The summed E-state index contributed by atoms with van der Waals surface area (Å²) in [5.41, 5.74) is 0.670. The Morgan fingerprint density at radius 1 is 1.41 bits per heavy atom. The molecule has 22 heavy (non-hydrogen) atoms. The first kappa shape index (κ1) is 14.8. The van der Waals surface area contributed by atoms with Gasteiger partial charge in [-0.25, -0.2) is 14.4 Å². The fourth-order valence-electron chi connectivity index (χ4n) is 2.51. The highest BCUT2D eigenvalue weighted by Crippen LogP contribution is 2.35. The van der Waals surface area contributed by atoms with Crippen molar-refractivity contribution in [1.29, 1.82) is 0 Å². The maximum atomic E-state index is 13.2. The number of carbonyl (C=O) groups is 1. The van der Waals surface area contributed by atoms with Crippen LogP contribution in [0.5, 0.6) is 0 Å². The van der Waals surface area contributed by atoms with Gasteiger partial charge < -0.3 is 5.11 Å². The number of aliphatic hydroxyl groups is 1. The van der Waals surface area contributed by atoms with Crippen molar-refractivity contribution in [3.63, 3.8) is 0 Å². The molecule has 1 aromatic heterocycles. The zero-order chi connectivity index (χ0) is 15.9.